The maximum Gasteiger partial charge on any atom is 0.359 e. The van der Waals surface area contributed by atoms with Crippen molar-refractivity contribution in [2.75, 3.05) is 12.5 Å². The summed E-state index contributed by atoms with van der Waals surface area (Å²) in [6.45, 7) is 0. The number of aromatic nitrogens is 3. The first-order valence-corrected chi connectivity index (χ1v) is 6.29. The highest BCUT2D eigenvalue weighted by molar-refractivity contribution is 7.72. The van der Waals surface area contributed by atoms with Gasteiger partial charge in [0, 0.05) is 7.05 Å². The quantitative estimate of drug-likeness (QED) is 0.339. The molecule has 2 aromatic rings. The van der Waals surface area contributed by atoms with Crippen molar-refractivity contribution in [1.82, 2.24) is 25.3 Å². The van der Waals surface area contributed by atoms with Crippen molar-refractivity contribution in [2.45, 2.75) is 0 Å². The van der Waals surface area contributed by atoms with E-state index in [9.17, 15) is 4.79 Å². The van der Waals surface area contributed by atoms with Gasteiger partial charge in [0.05, 0.1) is 11.4 Å². The van der Waals surface area contributed by atoms with Crippen molar-refractivity contribution in [3.63, 3.8) is 0 Å². The minimum absolute atomic E-state index is 0.426. The molecule has 1 aromatic heterocycles. The standard InChI is InChI=1S/C10H12N6O2S2/c1-15(18)8(17)12-11-6-3-2-4-7(5-6)16-9(19)13-14-10(16)20/h2-5,11,18H,1H3,(H,12,17)(H,13,19)(H,14,20). The van der Waals surface area contributed by atoms with Gasteiger partial charge >= 0.3 is 6.03 Å². The van der Waals surface area contributed by atoms with Crippen LogP contribution in [0.5, 0.6) is 0 Å². The van der Waals surface area contributed by atoms with Gasteiger partial charge in [-0.15, -0.1) is 0 Å². The Morgan fingerprint density at radius 3 is 2.60 bits per heavy atom. The van der Waals surface area contributed by atoms with Gasteiger partial charge in [0.25, 0.3) is 0 Å². The second kappa shape index (κ2) is 5.86. The normalized spacial score (nSPS) is 10.1. The minimum Gasteiger partial charge on any atom is -0.297 e. The third kappa shape index (κ3) is 3.04. The Morgan fingerprint density at radius 2 is 2.00 bits per heavy atom. The van der Waals surface area contributed by atoms with Gasteiger partial charge in [-0.3, -0.25) is 25.4 Å². The van der Waals surface area contributed by atoms with E-state index in [0.717, 1.165) is 5.69 Å². The molecule has 1 aromatic carbocycles. The van der Waals surface area contributed by atoms with Crippen LogP contribution >= 0.6 is 24.4 Å². The Morgan fingerprint density at radius 1 is 1.35 bits per heavy atom. The lowest BCUT2D eigenvalue weighted by Crippen LogP contribution is -2.38. The molecule has 1 heterocycles. The number of hydrogen-bond donors (Lipinski definition) is 5. The zero-order valence-corrected chi connectivity index (χ0v) is 12.0. The molecule has 2 rings (SSSR count). The Labute approximate surface area is 124 Å². The second-order valence-corrected chi connectivity index (χ2v) is 4.60. The van der Waals surface area contributed by atoms with E-state index in [2.05, 4.69) is 21.0 Å². The molecular formula is C10H12N6O2S2. The van der Waals surface area contributed by atoms with Crippen LogP contribution in [-0.4, -0.2) is 38.1 Å². The molecule has 0 atom stereocenters. The van der Waals surface area contributed by atoms with Gasteiger partial charge in [-0.05, 0) is 42.6 Å². The SMILES string of the molecule is CN(O)C(=O)NNc1cccc(-n2c(=S)[nH][nH]c2=S)c1. The Kier molecular flexibility index (Phi) is 4.17. The summed E-state index contributed by atoms with van der Waals surface area (Å²) in [6.07, 6.45) is 0. The Balaban J connectivity index is 2.23. The summed E-state index contributed by atoms with van der Waals surface area (Å²) in [4.78, 5) is 11.2. The van der Waals surface area contributed by atoms with E-state index in [1.807, 2.05) is 6.07 Å². The number of anilines is 1. The fraction of sp³-hybridized carbons (Fsp3) is 0.100. The largest absolute Gasteiger partial charge is 0.359 e. The summed E-state index contributed by atoms with van der Waals surface area (Å²) >= 11 is 10.2. The zero-order valence-electron chi connectivity index (χ0n) is 10.4. The van der Waals surface area contributed by atoms with E-state index < -0.39 is 6.03 Å². The molecule has 0 fully saturated rings. The highest BCUT2D eigenvalue weighted by Gasteiger charge is 2.05. The number of nitrogens with zero attached hydrogens (tertiary/aromatic N) is 2. The average molecular weight is 312 g/mol. The van der Waals surface area contributed by atoms with Crippen molar-refractivity contribution in [2.24, 2.45) is 0 Å². The molecule has 0 radical (unpaired) electrons. The number of carbonyl (C=O) groups is 1. The van der Waals surface area contributed by atoms with Gasteiger partial charge in [-0.2, -0.15) is 0 Å². The van der Waals surface area contributed by atoms with Gasteiger partial charge in [0.15, 0.2) is 9.54 Å². The number of nitrogens with one attached hydrogen (secondary N) is 4. The number of hydrogen-bond acceptors (Lipinski definition) is 5. The van der Waals surface area contributed by atoms with E-state index in [-0.39, 0.29) is 0 Å². The van der Waals surface area contributed by atoms with E-state index in [0.29, 0.717) is 20.3 Å². The first-order chi connectivity index (χ1) is 9.49. The van der Waals surface area contributed by atoms with Crippen LogP contribution in [0.3, 0.4) is 0 Å². The maximum atomic E-state index is 11.2. The number of rotatable bonds is 3. The number of amides is 2. The van der Waals surface area contributed by atoms with E-state index in [1.54, 1.807) is 22.8 Å². The molecule has 0 saturated heterocycles. The average Bonchev–Trinajstić information content (AvgIpc) is 2.75. The van der Waals surface area contributed by atoms with Crippen molar-refractivity contribution >= 4 is 36.2 Å². The fourth-order valence-corrected chi connectivity index (χ4v) is 2.03. The summed E-state index contributed by atoms with van der Waals surface area (Å²) < 4.78 is 2.51. The molecule has 5 N–H and O–H groups in total. The highest BCUT2D eigenvalue weighted by atomic mass is 32.1. The van der Waals surface area contributed by atoms with Gasteiger partial charge in [-0.25, -0.2) is 15.3 Å². The summed E-state index contributed by atoms with van der Waals surface area (Å²) in [7, 11) is 1.21. The predicted molar refractivity (Wildman–Crippen MR) is 77.8 cm³/mol. The molecule has 20 heavy (non-hydrogen) atoms. The van der Waals surface area contributed by atoms with Crippen molar-refractivity contribution < 1.29 is 10.0 Å². The number of benzene rings is 1. The molecule has 0 bridgehead atoms. The van der Waals surface area contributed by atoms with E-state index in [4.69, 9.17) is 29.6 Å². The first kappa shape index (κ1) is 14.2. The molecule has 106 valence electrons. The van der Waals surface area contributed by atoms with Crippen molar-refractivity contribution in [1.29, 1.82) is 0 Å². The minimum atomic E-state index is -0.689. The third-order valence-corrected chi connectivity index (χ3v) is 2.96. The maximum absolute atomic E-state index is 11.2. The van der Waals surface area contributed by atoms with Gasteiger partial charge in [0.1, 0.15) is 0 Å². The second-order valence-electron chi connectivity index (χ2n) is 3.82. The molecule has 8 nitrogen and oxygen atoms in total. The number of hydroxylamine groups is 2. The third-order valence-electron chi connectivity index (χ3n) is 2.39. The van der Waals surface area contributed by atoms with E-state index >= 15 is 0 Å². The van der Waals surface area contributed by atoms with Gasteiger partial charge in [0.2, 0.25) is 0 Å². The van der Waals surface area contributed by atoms with Crippen LogP contribution in [0.4, 0.5) is 10.5 Å². The summed E-state index contributed by atoms with van der Waals surface area (Å²) in [6, 6.07) is 6.38. The zero-order chi connectivity index (χ0) is 14.7. The monoisotopic (exact) mass is 312 g/mol. The van der Waals surface area contributed by atoms with Crippen LogP contribution in [0.15, 0.2) is 24.3 Å². The molecular weight excluding hydrogens is 300 g/mol. The molecule has 0 spiro atoms. The highest BCUT2D eigenvalue weighted by Crippen LogP contribution is 2.14. The Bertz CT molecular complexity index is 704. The van der Waals surface area contributed by atoms with Crippen LogP contribution in [0.25, 0.3) is 5.69 Å². The topological polar surface area (TPSA) is 101 Å². The first-order valence-electron chi connectivity index (χ1n) is 5.48. The molecule has 0 aliphatic heterocycles. The molecule has 0 saturated carbocycles. The van der Waals surface area contributed by atoms with Crippen LogP contribution in [0.2, 0.25) is 0 Å². The number of aromatic amines is 2. The van der Waals surface area contributed by atoms with Crippen LogP contribution in [0, 0.1) is 9.54 Å². The van der Waals surface area contributed by atoms with Gasteiger partial charge in [-0.1, -0.05) is 6.07 Å². The number of urea groups is 1. The number of carbonyl (C=O) groups excluding carboxylic acids is 1. The Hall–Kier alpha value is -2.17. The lowest BCUT2D eigenvalue weighted by molar-refractivity contribution is -0.0174. The van der Waals surface area contributed by atoms with Gasteiger partial charge < -0.3 is 0 Å². The van der Waals surface area contributed by atoms with Crippen LogP contribution in [-0.2, 0) is 0 Å². The number of hydrazine groups is 1. The fourth-order valence-electron chi connectivity index (χ4n) is 1.47. The molecule has 0 unspecified atom stereocenters. The molecule has 0 aliphatic carbocycles. The smallest absolute Gasteiger partial charge is 0.297 e. The van der Waals surface area contributed by atoms with Crippen LogP contribution < -0.4 is 10.9 Å². The predicted octanol–water partition coefficient (Wildman–Crippen LogP) is 1.95. The van der Waals surface area contributed by atoms with Crippen molar-refractivity contribution in [3.05, 3.63) is 33.8 Å². The summed E-state index contributed by atoms with van der Waals surface area (Å²) in [5, 5.41) is 14.8. The molecule has 0 aliphatic rings. The summed E-state index contributed by atoms with van der Waals surface area (Å²) in [5.41, 5.74) is 6.31. The lowest BCUT2D eigenvalue weighted by atomic mass is 10.3. The van der Waals surface area contributed by atoms with E-state index in [1.165, 1.54) is 7.05 Å². The molecule has 10 heteroatoms. The van der Waals surface area contributed by atoms with Crippen molar-refractivity contribution in [3.8, 4) is 5.69 Å². The lowest BCUT2D eigenvalue weighted by Gasteiger charge is -2.12. The molecule has 2 amide bonds. The van der Waals surface area contributed by atoms with Crippen LogP contribution in [0.1, 0.15) is 0 Å². The number of H-pyrrole nitrogens is 2. The summed E-state index contributed by atoms with van der Waals surface area (Å²) in [5.74, 6) is 0.